The highest BCUT2D eigenvalue weighted by molar-refractivity contribution is 5.72. The van der Waals surface area contributed by atoms with Crippen molar-refractivity contribution in [2.75, 3.05) is 7.11 Å². The molecule has 146 valence electrons. The van der Waals surface area contributed by atoms with Crippen LogP contribution in [0.15, 0.2) is 90.6 Å². The Balaban J connectivity index is 1.35. The average Bonchev–Trinajstić information content (AvgIpc) is 3.22. The highest BCUT2D eigenvalue weighted by Crippen LogP contribution is 2.28. The largest absolute Gasteiger partial charge is 0.497 e. The van der Waals surface area contributed by atoms with E-state index in [-0.39, 0.29) is 0 Å². The van der Waals surface area contributed by atoms with Crippen molar-refractivity contribution >= 4 is 5.57 Å². The summed E-state index contributed by atoms with van der Waals surface area (Å²) in [6.45, 7) is 2.97. The number of hydrogen-bond donors (Lipinski definition) is 1. The smallest absolute Gasteiger partial charge is 0.118 e. The van der Waals surface area contributed by atoms with E-state index in [9.17, 15) is 0 Å². The van der Waals surface area contributed by atoms with Crippen molar-refractivity contribution in [2.24, 2.45) is 0 Å². The second-order valence-corrected chi connectivity index (χ2v) is 7.63. The van der Waals surface area contributed by atoms with Crippen LogP contribution in [0, 0.1) is 6.92 Å². The summed E-state index contributed by atoms with van der Waals surface area (Å²) in [5, 5.41) is 3.56. The number of benzene rings is 3. The molecule has 2 nitrogen and oxygen atoms in total. The maximum absolute atomic E-state index is 5.22. The lowest BCUT2D eigenvalue weighted by molar-refractivity contribution is 0.414. The zero-order valence-electron chi connectivity index (χ0n) is 17.1. The number of methoxy groups -OCH3 is 1. The van der Waals surface area contributed by atoms with E-state index in [1.807, 2.05) is 12.1 Å². The van der Waals surface area contributed by atoms with E-state index in [0.717, 1.165) is 25.1 Å². The van der Waals surface area contributed by atoms with Gasteiger partial charge in [0.1, 0.15) is 5.75 Å². The van der Waals surface area contributed by atoms with Crippen LogP contribution in [0.4, 0.5) is 0 Å². The molecular formula is C27H27NO. The number of hydrogen-bond acceptors (Lipinski definition) is 2. The molecule has 0 saturated carbocycles. The maximum atomic E-state index is 5.22. The van der Waals surface area contributed by atoms with Crippen LogP contribution in [-0.4, -0.2) is 7.11 Å². The van der Waals surface area contributed by atoms with Gasteiger partial charge in [-0.25, -0.2) is 0 Å². The van der Waals surface area contributed by atoms with Crippen LogP contribution >= 0.6 is 0 Å². The molecule has 0 bridgehead atoms. The highest BCUT2D eigenvalue weighted by Gasteiger charge is 2.11. The van der Waals surface area contributed by atoms with Crippen LogP contribution in [0.3, 0.4) is 0 Å². The Morgan fingerprint density at radius 3 is 2.34 bits per heavy atom. The second-order valence-electron chi connectivity index (χ2n) is 7.63. The Bertz CT molecular complexity index is 1040. The van der Waals surface area contributed by atoms with Crippen LogP contribution in [0.1, 0.15) is 34.2 Å². The third kappa shape index (κ3) is 4.97. The SMILES string of the molecule is COc1ccc(CNC2=CC=C(c3cccc(Cc4cccc(C)c4)c3)C2)cc1. The van der Waals surface area contributed by atoms with Crippen LogP contribution < -0.4 is 10.1 Å². The van der Waals surface area contributed by atoms with Crippen molar-refractivity contribution in [1.82, 2.24) is 5.32 Å². The fraction of sp³-hybridized carbons (Fsp3) is 0.185. The molecule has 29 heavy (non-hydrogen) atoms. The second kappa shape index (κ2) is 8.83. The summed E-state index contributed by atoms with van der Waals surface area (Å²) < 4.78 is 5.22. The summed E-state index contributed by atoms with van der Waals surface area (Å²) in [6.07, 6.45) is 6.36. The van der Waals surface area contributed by atoms with E-state index in [0.29, 0.717) is 0 Å². The third-order valence-corrected chi connectivity index (χ3v) is 5.33. The minimum atomic E-state index is 0.824. The molecule has 0 spiro atoms. The van der Waals surface area contributed by atoms with E-state index < -0.39 is 0 Å². The van der Waals surface area contributed by atoms with Crippen LogP contribution in [0.5, 0.6) is 5.75 Å². The molecule has 0 saturated heterocycles. The number of allylic oxidation sites excluding steroid dienone is 3. The van der Waals surface area contributed by atoms with Crippen molar-refractivity contribution < 1.29 is 4.74 Å². The van der Waals surface area contributed by atoms with E-state index in [1.165, 1.54) is 39.1 Å². The standard InChI is InChI=1S/C27H27NO/c1-20-5-3-6-22(15-20)16-23-7-4-8-24(17-23)25-11-12-26(18-25)28-19-21-9-13-27(29-2)14-10-21/h3-15,17,28H,16,18-19H2,1-2H3. The molecule has 0 fully saturated rings. The van der Waals surface area contributed by atoms with Crippen molar-refractivity contribution in [3.05, 3.63) is 118 Å². The third-order valence-electron chi connectivity index (χ3n) is 5.33. The molecule has 0 amide bonds. The molecule has 0 heterocycles. The normalized spacial score (nSPS) is 13.0. The maximum Gasteiger partial charge on any atom is 0.118 e. The summed E-state index contributed by atoms with van der Waals surface area (Å²) in [5.74, 6) is 0.892. The predicted molar refractivity (Wildman–Crippen MR) is 121 cm³/mol. The van der Waals surface area contributed by atoms with Crippen molar-refractivity contribution in [1.29, 1.82) is 0 Å². The topological polar surface area (TPSA) is 21.3 Å². The molecule has 0 aliphatic heterocycles. The Hall–Kier alpha value is -3.26. The van der Waals surface area contributed by atoms with Gasteiger partial charge in [-0.1, -0.05) is 72.3 Å². The van der Waals surface area contributed by atoms with E-state index >= 15 is 0 Å². The Labute approximate surface area is 173 Å². The highest BCUT2D eigenvalue weighted by atomic mass is 16.5. The summed E-state index contributed by atoms with van der Waals surface area (Å²) >= 11 is 0. The van der Waals surface area contributed by atoms with Gasteiger partial charge in [-0.2, -0.15) is 0 Å². The summed E-state index contributed by atoms with van der Waals surface area (Å²) in [6, 6.07) is 25.9. The molecule has 2 heteroatoms. The quantitative estimate of drug-likeness (QED) is 0.537. The first kappa shape index (κ1) is 19.1. The lowest BCUT2D eigenvalue weighted by Crippen LogP contribution is -2.11. The van der Waals surface area contributed by atoms with Crippen molar-refractivity contribution in [2.45, 2.75) is 26.3 Å². The minimum Gasteiger partial charge on any atom is -0.497 e. The molecule has 0 atom stereocenters. The summed E-state index contributed by atoms with van der Waals surface area (Å²) in [5.41, 5.74) is 9.23. The fourth-order valence-corrected chi connectivity index (χ4v) is 3.74. The van der Waals surface area contributed by atoms with Crippen LogP contribution in [0.2, 0.25) is 0 Å². The van der Waals surface area contributed by atoms with Crippen LogP contribution in [-0.2, 0) is 13.0 Å². The van der Waals surface area contributed by atoms with Gasteiger partial charge in [0.25, 0.3) is 0 Å². The van der Waals surface area contributed by atoms with E-state index in [2.05, 4.69) is 85.1 Å². The molecule has 1 aliphatic rings. The van der Waals surface area contributed by atoms with Gasteiger partial charge in [0, 0.05) is 18.7 Å². The lowest BCUT2D eigenvalue weighted by atomic mass is 9.98. The monoisotopic (exact) mass is 381 g/mol. The first-order chi connectivity index (χ1) is 14.2. The van der Waals surface area contributed by atoms with Gasteiger partial charge in [0.2, 0.25) is 0 Å². The molecule has 3 aromatic rings. The first-order valence-corrected chi connectivity index (χ1v) is 10.1. The van der Waals surface area contributed by atoms with Gasteiger partial charge in [-0.05, 0) is 59.4 Å². The minimum absolute atomic E-state index is 0.824. The zero-order chi connectivity index (χ0) is 20.1. The number of aryl methyl sites for hydroxylation is 1. The molecule has 1 aliphatic carbocycles. The summed E-state index contributed by atoms with van der Waals surface area (Å²) in [4.78, 5) is 0. The number of rotatable bonds is 7. The molecule has 0 radical (unpaired) electrons. The van der Waals surface area contributed by atoms with E-state index in [1.54, 1.807) is 7.11 Å². The molecule has 4 rings (SSSR count). The zero-order valence-corrected chi connectivity index (χ0v) is 17.1. The predicted octanol–water partition coefficient (Wildman–Crippen LogP) is 6.06. The fourth-order valence-electron chi connectivity index (χ4n) is 3.74. The van der Waals surface area contributed by atoms with Crippen molar-refractivity contribution in [3.63, 3.8) is 0 Å². The lowest BCUT2D eigenvalue weighted by Gasteiger charge is -2.11. The molecule has 0 unspecified atom stereocenters. The summed E-state index contributed by atoms with van der Waals surface area (Å²) in [7, 11) is 1.69. The molecule has 1 N–H and O–H groups in total. The Kier molecular flexibility index (Phi) is 5.81. The molecule has 3 aromatic carbocycles. The number of ether oxygens (including phenoxy) is 1. The average molecular weight is 382 g/mol. The molecular weight excluding hydrogens is 354 g/mol. The Morgan fingerprint density at radius 1 is 0.828 bits per heavy atom. The number of nitrogens with one attached hydrogen (secondary N) is 1. The van der Waals surface area contributed by atoms with Gasteiger partial charge in [-0.15, -0.1) is 0 Å². The van der Waals surface area contributed by atoms with Crippen LogP contribution in [0.25, 0.3) is 5.57 Å². The Morgan fingerprint density at radius 2 is 1.59 bits per heavy atom. The molecule has 0 aromatic heterocycles. The van der Waals surface area contributed by atoms with E-state index in [4.69, 9.17) is 4.74 Å². The first-order valence-electron chi connectivity index (χ1n) is 10.1. The van der Waals surface area contributed by atoms with Gasteiger partial charge in [0.05, 0.1) is 7.11 Å². The van der Waals surface area contributed by atoms with Crippen molar-refractivity contribution in [3.8, 4) is 5.75 Å². The van der Waals surface area contributed by atoms with Gasteiger partial charge in [-0.3, -0.25) is 0 Å². The van der Waals surface area contributed by atoms with Gasteiger partial charge >= 0.3 is 0 Å². The van der Waals surface area contributed by atoms with Gasteiger partial charge < -0.3 is 10.1 Å². The van der Waals surface area contributed by atoms with Gasteiger partial charge in [0.15, 0.2) is 0 Å².